The molecule has 0 aliphatic rings. The van der Waals surface area contributed by atoms with Gasteiger partial charge in [0.15, 0.2) is 11.0 Å². The molecule has 2 aromatic carbocycles. The summed E-state index contributed by atoms with van der Waals surface area (Å²) < 4.78 is 12.3. The zero-order valence-corrected chi connectivity index (χ0v) is 18.5. The number of nitrogens with one attached hydrogen (secondary N) is 1. The van der Waals surface area contributed by atoms with Crippen molar-refractivity contribution in [3.63, 3.8) is 0 Å². The van der Waals surface area contributed by atoms with Crippen LogP contribution < -0.4 is 10.1 Å². The van der Waals surface area contributed by atoms with Crippen molar-refractivity contribution >= 4 is 29.3 Å². The molecule has 1 amide bonds. The number of rotatable bonds is 9. The molecule has 0 spiro atoms. The molecule has 3 aromatic rings. The third kappa shape index (κ3) is 5.53. The Bertz CT molecular complexity index is 994. The van der Waals surface area contributed by atoms with Gasteiger partial charge in [0, 0.05) is 29.4 Å². The minimum Gasteiger partial charge on any atom is -0.497 e. The summed E-state index contributed by atoms with van der Waals surface area (Å²) >= 11 is 7.37. The average Bonchev–Trinajstić information content (AvgIpc) is 3.17. The van der Waals surface area contributed by atoms with Gasteiger partial charge in [0.05, 0.1) is 19.5 Å². The number of methoxy groups -OCH3 is 2. The Balaban J connectivity index is 1.90. The van der Waals surface area contributed by atoms with Crippen molar-refractivity contribution in [1.29, 1.82) is 0 Å². The summed E-state index contributed by atoms with van der Waals surface area (Å²) in [5, 5.41) is 12.8. The van der Waals surface area contributed by atoms with E-state index in [2.05, 4.69) is 15.5 Å². The lowest BCUT2D eigenvalue weighted by atomic mass is 10.2. The monoisotopic (exact) mass is 446 g/mol. The molecule has 0 bridgehead atoms. The quantitative estimate of drug-likeness (QED) is 0.503. The van der Waals surface area contributed by atoms with Gasteiger partial charge >= 0.3 is 0 Å². The summed E-state index contributed by atoms with van der Waals surface area (Å²) in [4.78, 5) is 12.3. The first kappa shape index (κ1) is 22.1. The summed E-state index contributed by atoms with van der Waals surface area (Å²) in [6, 6.07) is 14.9. The summed E-state index contributed by atoms with van der Waals surface area (Å²) in [6.45, 7) is 2.35. The van der Waals surface area contributed by atoms with Gasteiger partial charge in [-0.25, -0.2) is 0 Å². The predicted molar refractivity (Wildman–Crippen MR) is 119 cm³/mol. The minimum atomic E-state index is -0.0989. The maximum Gasteiger partial charge on any atom is 0.230 e. The van der Waals surface area contributed by atoms with Crippen molar-refractivity contribution in [2.24, 2.45) is 0 Å². The SMILES string of the molecule is COCC(C)NC(=O)CSc1nnc(-c2cccc(OC)c2)n1-c1ccc(Cl)cc1. The zero-order valence-electron chi connectivity index (χ0n) is 17.0. The zero-order chi connectivity index (χ0) is 21.5. The number of carbonyl (C=O) groups is 1. The summed E-state index contributed by atoms with van der Waals surface area (Å²) in [6.07, 6.45) is 0. The van der Waals surface area contributed by atoms with Gasteiger partial charge in [-0.15, -0.1) is 10.2 Å². The lowest BCUT2D eigenvalue weighted by Crippen LogP contribution is -2.36. The molecule has 1 heterocycles. The number of halogens is 1. The van der Waals surface area contributed by atoms with E-state index in [1.807, 2.05) is 47.9 Å². The standard InChI is InChI=1S/C21H23ClN4O3S/c1-14(12-28-2)23-19(27)13-30-21-25-24-20(15-5-4-6-18(11-15)29-3)26(21)17-9-7-16(22)8-10-17/h4-11,14H,12-13H2,1-3H3,(H,23,27). The van der Waals surface area contributed by atoms with Gasteiger partial charge in [-0.2, -0.15) is 0 Å². The molecule has 0 fully saturated rings. The molecule has 1 N–H and O–H groups in total. The van der Waals surface area contributed by atoms with Crippen molar-refractivity contribution in [1.82, 2.24) is 20.1 Å². The summed E-state index contributed by atoms with van der Waals surface area (Å²) in [7, 11) is 3.22. The predicted octanol–water partition coefficient (Wildman–Crippen LogP) is 3.84. The van der Waals surface area contributed by atoms with Gasteiger partial charge in [0.1, 0.15) is 5.75 Å². The van der Waals surface area contributed by atoms with Gasteiger partial charge < -0.3 is 14.8 Å². The Kier molecular flexibility index (Phi) is 7.73. The van der Waals surface area contributed by atoms with Crippen LogP contribution in [0.5, 0.6) is 5.75 Å². The lowest BCUT2D eigenvalue weighted by molar-refractivity contribution is -0.119. The highest BCUT2D eigenvalue weighted by atomic mass is 35.5. The summed E-state index contributed by atoms with van der Waals surface area (Å²) in [5.74, 6) is 1.47. The van der Waals surface area contributed by atoms with Crippen LogP contribution in [-0.2, 0) is 9.53 Å². The number of benzene rings is 2. The number of carbonyl (C=O) groups excluding carboxylic acids is 1. The van der Waals surface area contributed by atoms with E-state index in [0.29, 0.717) is 22.6 Å². The van der Waals surface area contributed by atoms with Crippen LogP contribution >= 0.6 is 23.4 Å². The van der Waals surface area contributed by atoms with E-state index in [9.17, 15) is 4.79 Å². The largest absolute Gasteiger partial charge is 0.497 e. The first-order valence-electron chi connectivity index (χ1n) is 9.28. The van der Waals surface area contributed by atoms with E-state index in [-0.39, 0.29) is 17.7 Å². The highest BCUT2D eigenvalue weighted by Gasteiger charge is 2.18. The van der Waals surface area contributed by atoms with E-state index in [0.717, 1.165) is 17.0 Å². The van der Waals surface area contributed by atoms with Crippen LogP contribution in [0.1, 0.15) is 6.92 Å². The second-order valence-electron chi connectivity index (χ2n) is 6.56. The Labute approximate surface area is 184 Å². The van der Waals surface area contributed by atoms with E-state index in [1.165, 1.54) is 11.8 Å². The van der Waals surface area contributed by atoms with Gasteiger partial charge in [0.25, 0.3) is 0 Å². The van der Waals surface area contributed by atoms with Crippen molar-refractivity contribution < 1.29 is 14.3 Å². The average molecular weight is 447 g/mol. The maximum atomic E-state index is 12.3. The molecule has 7 nitrogen and oxygen atoms in total. The Morgan fingerprint density at radius 2 is 1.97 bits per heavy atom. The van der Waals surface area contributed by atoms with Crippen LogP contribution in [0.2, 0.25) is 5.02 Å². The first-order valence-corrected chi connectivity index (χ1v) is 10.6. The molecular weight excluding hydrogens is 424 g/mol. The Morgan fingerprint density at radius 3 is 2.67 bits per heavy atom. The number of nitrogens with zero attached hydrogens (tertiary/aromatic N) is 3. The fourth-order valence-corrected chi connectivity index (χ4v) is 3.76. The normalized spacial score (nSPS) is 11.9. The fraction of sp³-hybridized carbons (Fsp3) is 0.286. The third-order valence-corrected chi connectivity index (χ3v) is 5.38. The molecule has 9 heteroatoms. The smallest absolute Gasteiger partial charge is 0.230 e. The molecule has 1 atom stereocenters. The third-order valence-electron chi connectivity index (χ3n) is 4.20. The summed E-state index contributed by atoms with van der Waals surface area (Å²) in [5.41, 5.74) is 1.69. The van der Waals surface area contributed by atoms with Gasteiger partial charge in [0.2, 0.25) is 5.91 Å². The van der Waals surface area contributed by atoms with E-state index < -0.39 is 0 Å². The van der Waals surface area contributed by atoms with Crippen LogP contribution in [-0.4, -0.2) is 53.3 Å². The topological polar surface area (TPSA) is 78.3 Å². The van der Waals surface area contributed by atoms with E-state index in [1.54, 1.807) is 26.4 Å². The molecule has 3 rings (SSSR count). The molecule has 1 aromatic heterocycles. The van der Waals surface area contributed by atoms with Gasteiger partial charge in [-0.3, -0.25) is 9.36 Å². The van der Waals surface area contributed by atoms with Crippen LogP contribution in [0.4, 0.5) is 0 Å². The van der Waals surface area contributed by atoms with Gasteiger partial charge in [-0.1, -0.05) is 35.5 Å². The number of aromatic nitrogens is 3. The van der Waals surface area contributed by atoms with Crippen LogP contribution in [0.25, 0.3) is 17.1 Å². The molecule has 30 heavy (non-hydrogen) atoms. The molecule has 1 unspecified atom stereocenters. The van der Waals surface area contributed by atoms with Crippen LogP contribution in [0.3, 0.4) is 0 Å². The van der Waals surface area contributed by atoms with Gasteiger partial charge in [-0.05, 0) is 43.3 Å². The van der Waals surface area contributed by atoms with Crippen molar-refractivity contribution in [2.75, 3.05) is 26.6 Å². The number of hydrogen-bond donors (Lipinski definition) is 1. The molecule has 0 aliphatic carbocycles. The van der Waals surface area contributed by atoms with E-state index >= 15 is 0 Å². The second kappa shape index (κ2) is 10.5. The van der Waals surface area contributed by atoms with Crippen molar-refractivity contribution in [2.45, 2.75) is 18.1 Å². The number of thioether (sulfide) groups is 1. The lowest BCUT2D eigenvalue weighted by Gasteiger charge is -2.13. The van der Waals surface area contributed by atoms with Crippen molar-refractivity contribution in [3.8, 4) is 22.8 Å². The Morgan fingerprint density at radius 1 is 1.20 bits per heavy atom. The number of hydrogen-bond acceptors (Lipinski definition) is 6. The first-order chi connectivity index (χ1) is 14.5. The minimum absolute atomic E-state index is 0.0652. The highest BCUT2D eigenvalue weighted by Crippen LogP contribution is 2.30. The fourth-order valence-electron chi connectivity index (χ4n) is 2.87. The maximum absolute atomic E-state index is 12.3. The molecule has 158 valence electrons. The molecule has 0 radical (unpaired) electrons. The van der Waals surface area contributed by atoms with Crippen LogP contribution in [0, 0.1) is 0 Å². The molecule has 0 aliphatic heterocycles. The molecular formula is C21H23ClN4O3S. The van der Waals surface area contributed by atoms with Crippen LogP contribution in [0.15, 0.2) is 53.7 Å². The van der Waals surface area contributed by atoms with Crippen molar-refractivity contribution in [3.05, 3.63) is 53.6 Å². The molecule has 0 saturated carbocycles. The highest BCUT2D eigenvalue weighted by molar-refractivity contribution is 7.99. The van der Waals surface area contributed by atoms with E-state index in [4.69, 9.17) is 21.1 Å². The molecule has 0 saturated heterocycles. The second-order valence-corrected chi connectivity index (χ2v) is 7.94. The Hall–Kier alpha value is -2.55. The number of amides is 1. The number of ether oxygens (including phenoxy) is 2.